The minimum Gasteiger partial charge on any atom is -0.353 e. The summed E-state index contributed by atoms with van der Waals surface area (Å²) < 4.78 is 0. The van der Waals surface area contributed by atoms with Gasteiger partial charge in [-0.2, -0.15) is 0 Å². The van der Waals surface area contributed by atoms with E-state index in [-0.39, 0.29) is 17.7 Å². The molecule has 0 saturated heterocycles. The molecule has 0 atom stereocenters. The Morgan fingerprint density at radius 3 is 2.45 bits per heavy atom. The summed E-state index contributed by atoms with van der Waals surface area (Å²) in [5.74, 6) is 1.19. The van der Waals surface area contributed by atoms with E-state index >= 15 is 0 Å². The summed E-state index contributed by atoms with van der Waals surface area (Å²) in [7, 11) is 0. The maximum Gasteiger partial charge on any atom is 0.221 e. The summed E-state index contributed by atoms with van der Waals surface area (Å²) in [6, 6.07) is 0.230. The second-order valence-corrected chi connectivity index (χ2v) is 5.97. The third-order valence-electron chi connectivity index (χ3n) is 4.16. The Morgan fingerprint density at radius 1 is 1.23 bits per heavy atom. The van der Waals surface area contributed by atoms with Crippen molar-refractivity contribution in [2.45, 2.75) is 51.5 Å². The molecule has 0 radical (unpaired) electrons. The molecule has 1 aliphatic carbocycles. The summed E-state index contributed by atoms with van der Waals surface area (Å²) in [6.45, 7) is 2.18. The quantitative estimate of drug-likeness (QED) is 0.774. The first-order valence-corrected chi connectivity index (χ1v) is 7.89. The maximum atomic E-state index is 12.2. The highest BCUT2D eigenvalue weighted by Crippen LogP contribution is 2.28. The van der Waals surface area contributed by atoms with Crippen molar-refractivity contribution < 1.29 is 9.59 Å². The van der Waals surface area contributed by atoms with Crippen LogP contribution in [0.25, 0.3) is 0 Å². The molecule has 1 heterocycles. The SMILES string of the molecule is Cc1ncc(C(=O)CC2CCC(NC(=O)CCN)CC2)cn1. The molecule has 3 N–H and O–H groups in total. The van der Waals surface area contributed by atoms with Crippen LogP contribution in [0.4, 0.5) is 0 Å². The third kappa shape index (κ3) is 4.87. The van der Waals surface area contributed by atoms with Crippen LogP contribution in [0.3, 0.4) is 0 Å². The van der Waals surface area contributed by atoms with Crippen LogP contribution in [-0.4, -0.2) is 34.2 Å². The molecule has 1 aromatic heterocycles. The predicted molar refractivity (Wildman–Crippen MR) is 83.3 cm³/mol. The molecule has 1 aromatic rings. The zero-order chi connectivity index (χ0) is 15.9. The Kier molecular flexibility index (Phi) is 6.00. The number of rotatable bonds is 6. The van der Waals surface area contributed by atoms with Gasteiger partial charge in [-0.25, -0.2) is 9.97 Å². The number of nitrogens with zero attached hydrogens (tertiary/aromatic N) is 2. The summed E-state index contributed by atoms with van der Waals surface area (Å²) >= 11 is 0. The van der Waals surface area contributed by atoms with E-state index in [2.05, 4.69) is 15.3 Å². The number of nitrogens with two attached hydrogens (primary N) is 1. The van der Waals surface area contributed by atoms with Gasteiger partial charge in [0.2, 0.25) is 5.91 Å². The van der Waals surface area contributed by atoms with E-state index in [1.54, 1.807) is 19.3 Å². The average Bonchev–Trinajstić information content (AvgIpc) is 2.50. The smallest absolute Gasteiger partial charge is 0.221 e. The van der Waals surface area contributed by atoms with Crippen molar-refractivity contribution in [2.75, 3.05) is 6.54 Å². The van der Waals surface area contributed by atoms with Gasteiger partial charge in [0.1, 0.15) is 5.82 Å². The van der Waals surface area contributed by atoms with Crippen molar-refractivity contribution in [3.8, 4) is 0 Å². The molecule has 1 saturated carbocycles. The van der Waals surface area contributed by atoms with Crippen molar-refractivity contribution in [3.63, 3.8) is 0 Å². The van der Waals surface area contributed by atoms with Crippen LogP contribution in [0.15, 0.2) is 12.4 Å². The van der Waals surface area contributed by atoms with Crippen molar-refractivity contribution in [2.24, 2.45) is 11.7 Å². The van der Waals surface area contributed by atoms with Gasteiger partial charge in [0.05, 0.1) is 5.56 Å². The van der Waals surface area contributed by atoms with E-state index in [0.717, 1.165) is 25.7 Å². The molecule has 0 aromatic carbocycles. The molecule has 0 bridgehead atoms. The lowest BCUT2D eigenvalue weighted by molar-refractivity contribution is -0.121. The number of hydrogen-bond donors (Lipinski definition) is 2. The summed E-state index contributed by atoms with van der Waals surface area (Å²) in [5, 5.41) is 3.01. The van der Waals surface area contributed by atoms with Gasteiger partial charge in [-0.15, -0.1) is 0 Å². The monoisotopic (exact) mass is 304 g/mol. The molecule has 1 aliphatic rings. The first kappa shape index (κ1) is 16.5. The van der Waals surface area contributed by atoms with Crippen molar-refractivity contribution in [3.05, 3.63) is 23.8 Å². The van der Waals surface area contributed by atoms with Gasteiger partial charge in [-0.05, 0) is 38.5 Å². The van der Waals surface area contributed by atoms with Gasteiger partial charge >= 0.3 is 0 Å². The van der Waals surface area contributed by atoms with Crippen LogP contribution in [0.5, 0.6) is 0 Å². The highest BCUT2D eigenvalue weighted by molar-refractivity contribution is 5.95. The number of nitrogens with one attached hydrogen (secondary N) is 1. The zero-order valence-corrected chi connectivity index (χ0v) is 13.0. The maximum absolute atomic E-state index is 12.2. The number of amides is 1. The fraction of sp³-hybridized carbons (Fsp3) is 0.625. The van der Waals surface area contributed by atoms with Crippen LogP contribution in [0.2, 0.25) is 0 Å². The minimum absolute atomic E-state index is 0.0267. The first-order chi connectivity index (χ1) is 10.6. The van der Waals surface area contributed by atoms with Crippen molar-refractivity contribution >= 4 is 11.7 Å². The number of hydrogen-bond acceptors (Lipinski definition) is 5. The predicted octanol–water partition coefficient (Wildman–Crippen LogP) is 1.38. The Bertz CT molecular complexity index is 507. The Balaban J connectivity index is 1.76. The molecule has 1 amide bonds. The van der Waals surface area contributed by atoms with Crippen LogP contribution >= 0.6 is 0 Å². The molecule has 6 nitrogen and oxygen atoms in total. The number of aryl methyl sites for hydroxylation is 1. The van der Waals surface area contributed by atoms with E-state index in [9.17, 15) is 9.59 Å². The Labute approximate surface area is 130 Å². The Hall–Kier alpha value is -1.82. The number of carbonyl (C=O) groups is 2. The summed E-state index contributed by atoms with van der Waals surface area (Å²) in [4.78, 5) is 31.9. The normalized spacial score (nSPS) is 21.4. The van der Waals surface area contributed by atoms with Crippen molar-refractivity contribution in [1.82, 2.24) is 15.3 Å². The van der Waals surface area contributed by atoms with E-state index < -0.39 is 0 Å². The molecule has 0 spiro atoms. The van der Waals surface area contributed by atoms with Crippen LogP contribution in [-0.2, 0) is 4.79 Å². The molecule has 22 heavy (non-hydrogen) atoms. The van der Waals surface area contributed by atoms with Gasteiger partial charge in [0, 0.05) is 37.8 Å². The second kappa shape index (κ2) is 7.98. The topological polar surface area (TPSA) is 98.0 Å². The van der Waals surface area contributed by atoms with Crippen LogP contribution in [0, 0.1) is 12.8 Å². The number of Topliss-reactive ketones (excluding diaryl/α,β-unsaturated/α-hetero) is 1. The lowest BCUT2D eigenvalue weighted by Gasteiger charge is -2.28. The standard InChI is InChI=1S/C16H24N4O2/c1-11-18-9-13(10-19-11)15(21)8-12-2-4-14(5-3-12)20-16(22)6-7-17/h9-10,12,14H,2-8,17H2,1H3,(H,20,22). The number of carbonyl (C=O) groups excluding carboxylic acids is 2. The number of aromatic nitrogens is 2. The fourth-order valence-corrected chi connectivity index (χ4v) is 2.86. The van der Waals surface area contributed by atoms with Gasteiger partial charge < -0.3 is 11.1 Å². The molecule has 1 fully saturated rings. The van der Waals surface area contributed by atoms with E-state index in [4.69, 9.17) is 5.73 Å². The lowest BCUT2D eigenvalue weighted by atomic mass is 9.82. The number of ketones is 1. The molecule has 6 heteroatoms. The lowest BCUT2D eigenvalue weighted by Crippen LogP contribution is -2.38. The molecular formula is C16H24N4O2. The van der Waals surface area contributed by atoms with Gasteiger partial charge in [-0.3, -0.25) is 9.59 Å². The average molecular weight is 304 g/mol. The minimum atomic E-state index is 0.0267. The van der Waals surface area contributed by atoms with E-state index in [0.29, 0.717) is 36.7 Å². The van der Waals surface area contributed by atoms with Crippen LogP contribution < -0.4 is 11.1 Å². The second-order valence-electron chi connectivity index (χ2n) is 5.97. The fourth-order valence-electron chi connectivity index (χ4n) is 2.86. The van der Waals surface area contributed by atoms with Gasteiger partial charge in [-0.1, -0.05) is 0 Å². The first-order valence-electron chi connectivity index (χ1n) is 7.89. The summed E-state index contributed by atoms with van der Waals surface area (Å²) in [6.07, 6.45) is 7.91. The molecule has 120 valence electrons. The van der Waals surface area contributed by atoms with Gasteiger partial charge in [0.15, 0.2) is 5.78 Å². The zero-order valence-electron chi connectivity index (χ0n) is 13.0. The highest BCUT2D eigenvalue weighted by Gasteiger charge is 2.24. The summed E-state index contributed by atoms with van der Waals surface area (Å²) in [5.41, 5.74) is 5.95. The highest BCUT2D eigenvalue weighted by atomic mass is 16.1. The molecule has 0 aliphatic heterocycles. The Morgan fingerprint density at radius 2 is 1.86 bits per heavy atom. The molecule has 0 unspecified atom stereocenters. The van der Waals surface area contributed by atoms with Gasteiger partial charge in [0.25, 0.3) is 0 Å². The third-order valence-corrected chi connectivity index (χ3v) is 4.16. The van der Waals surface area contributed by atoms with E-state index in [1.165, 1.54) is 0 Å². The largest absolute Gasteiger partial charge is 0.353 e. The van der Waals surface area contributed by atoms with Crippen molar-refractivity contribution in [1.29, 1.82) is 0 Å². The molecule has 2 rings (SSSR count). The van der Waals surface area contributed by atoms with E-state index in [1.807, 2.05) is 0 Å². The van der Waals surface area contributed by atoms with Crippen LogP contribution in [0.1, 0.15) is 54.7 Å². The molecular weight excluding hydrogens is 280 g/mol.